The molecular formula is C38H81NO. The summed E-state index contributed by atoms with van der Waals surface area (Å²) in [5.74, 6) is 0. The van der Waals surface area contributed by atoms with Crippen molar-refractivity contribution in [3.8, 4) is 0 Å². The van der Waals surface area contributed by atoms with Gasteiger partial charge in [-0.25, -0.2) is 0 Å². The van der Waals surface area contributed by atoms with Crippen LogP contribution in [-0.4, -0.2) is 36.1 Å². The van der Waals surface area contributed by atoms with Gasteiger partial charge < -0.3 is 9.96 Å². The summed E-state index contributed by atoms with van der Waals surface area (Å²) in [5, 5.41) is 0. The van der Waals surface area contributed by atoms with E-state index in [1.165, 1.54) is 223 Å². The first kappa shape index (κ1) is 42.1. The summed E-state index contributed by atoms with van der Waals surface area (Å²) < 4.78 is 1.43. The molecule has 0 atom stereocenters. The number of hydrogen-bond acceptors (Lipinski definition) is 1. The average Bonchev–Trinajstić information content (AvgIpc) is 2.93. The zero-order chi connectivity index (χ0) is 28.5. The van der Waals surface area contributed by atoms with Gasteiger partial charge in [0.25, 0.3) is 0 Å². The lowest BCUT2D eigenvalue weighted by Crippen LogP contribution is -2.50. The number of rotatable bonds is 34. The van der Waals surface area contributed by atoms with Crippen LogP contribution in [0.1, 0.15) is 220 Å². The highest BCUT2D eigenvalue weighted by molar-refractivity contribution is 4.54. The van der Waals surface area contributed by atoms with E-state index in [1.807, 2.05) is 0 Å². The zero-order valence-corrected chi connectivity index (χ0v) is 28.9. The Morgan fingerprint density at radius 3 is 0.625 bits per heavy atom. The Morgan fingerprint density at radius 2 is 0.425 bits per heavy atom. The van der Waals surface area contributed by atoms with Crippen LogP contribution in [0.5, 0.6) is 0 Å². The van der Waals surface area contributed by atoms with Crippen LogP contribution in [0.25, 0.3) is 0 Å². The average molecular weight is 568 g/mol. The fraction of sp³-hybridized carbons (Fsp3) is 1.00. The van der Waals surface area contributed by atoms with E-state index in [0.29, 0.717) is 0 Å². The summed E-state index contributed by atoms with van der Waals surface area (Å²) in [4.78, 5) is 0. The predicted molar refractivity (Wildman–Crippen MR) is 183 cm³/mol. The van der Waals surface area contributed by atoms with Gasteiger partial charge in [-0.05, 0) is 38.5 Å². The second-order valence-corrected chi connectivity index (χ2v) is 13.4. The van der Waals surface area contributed by atoms with Crippen LogP contribution in [0.15, 0.2) is 0 Å². The maximum absolute atomic E-state index is 2.42. The Balaban J connectivity index is 0. The van der Waals surface area contributed by atoms with Crippen molar-refractivity contribution in [2.75, 3.05) is 26.2 Å². The van der Waals surface area contributed by atoms with Gasteiger partial charge in [-0.3, -0.25) is 0 Å². The van der Waals surface area contributed by atoms with Crippen molar-refractivity contribution >= 4 is 0 Å². The highest BCUT2D eigenvalue weighted by Gasteiger charge is 2.24. The molecule has 0 unspecified atom stereocenters. The van der Waals surface area contributed by atoms with Crippen LogP contribution in [0.2, 0.25) is 0 Å². The number of nitrogens with zero attached hydrogens (tertiary/aromatic N) is 1. The van der Waals surface area contributed by atoms with Crippen molar-refractivity contribution < 1.29 is 9.96 Å². The van der Waals surface area contributed by atoms with E-state index in [0.717, 1.165) is 0 Å². The smallest absolute Gasteiger partial charge is 0.0786 e. The van der Waals surface area contributed by atoms with E-state index < -0.39 is 0 Å². The number of quaternary nitrogens is 1. The Bertz CT molecular complexity index is 397. The largest absolute Gasteiger partial charge is 0.870 e. The van der Waals surface area contributed by atoms with E-state index in [4.69, 9.17) is 0 Å². The lowest BCUT2D eigenvalue weighted by Gasteiger charge is -2.39. The molecule has 0 amide bonds. The number of hydrogen-bond donors (Lipinski definition) is 0. The van der Waals surface area contributed by atoms with Crippen LogP contribution in [-0.2, 0) is 0 Å². The van der Waals surface area contributed by atoms with Crippen LogP contribution in [0.3, 0.4) is 0 Å². The fourth-order valence-corrected chi connectivity index (χ4v) is 6.90. The van der Waals surface area contributed by atoms with E-state index in [2.05, 4.69) is 27.7 Å². The molecule has 40 heavy (non-hydrogen) atoms. The standard InChI is InChI=1S/C38H80N.H2O/c1-5-9-11-13-15-17-19-21-23-25-27-29-31-33-37-39(35-7-3,36-8-4)38-34-32-30-28-26-24-22-20-18-16-14-12-10-6-2;/h5-38H2,1-4H3;1H2/q+1;/p-1. The molecule has 244 valence electrons. The topological polar surface area (TPSA) is 30.0 Å². The molecular weight excluding hydrogens is 486 g/mol. The molecule has 1 N–H and O–H groups in total. The van der Waals surface area contributed by atoms with Gasteiger partial charge >= 0.3 is 0 Å². The summed E-state index contributed by atoms with van der Waals surface area (Å²) in [6.07, 6.45) is 43.9. The highest BCUT2D eigenvalue weighted by Crippen LogP contribution is 2.19. The molecule has 0 saturated heterocycles. The Hall–Kier alpha value is -0.0800. The molecule has 0 fully saturated rings. The minimum atomic E-state index is 0. The van der Waals surface area contributed by atoms with E-state index in [1.54, 1.807) is 0 Å². The summed E-state index contributed by atoms with van der Waals surface area (Å²) in [5.41, 5.74) is 0. The molecule has 0 radical (unpaired) electrons. The first-order chi connectivity index (χ1) is 19.2. The van der Waals surface area contributed by atoms with Crippen LogP contribution in [0.4, 0.5) is 0 Å². The summed E-state index contributed by atoms with van der Waals surface area (Å²) in [6, 6.07) is 0. The minimum Gasteiger partial charge on any atom is -0.870 e. The minimum absolute atomic E-state index is 0. The molecule has 0 aromatic carbocycles. The van der Waals surface area contributed by atoms with Crippen molar-refractivity contribution in [2.24, 2.45) is 0 Å². The molecule has 0 aliphatic carbocycles. The third kappa shape index (κ3) is 29.4. The van der Waals surface area contributed by atoms with Crippen LogP contribution in [0, 0.1) is 0 Å². The molecule has 0 spiro atoms. The van der Waals surface area contributed by atoms with Crippen molar-refractivity contribution in [1.29, 1.82) is 0 Å². The van der Waals surface area contributed by atoms with Gasteiger partial charge in [0.05, 0.1) is 26.2 Å². The van der Waals surface area contributed by atoms with E-state index in [-0.39, 0.29) is 5.48 Å². The van der Waals surface area contributed by atoms with Crippen LogP contribution < -0.4 is 0 Å². The van der Waals surface area contributed by atoms with Crippen molar-refractivity contribution in [1.82, 2.24) is 0 Å². The Kier molecular flexibility index (Phi) is 36.9. The van der Waals surface area contributed by atoms with Gasteiger partial charge in [0.15, 0.2) is 0 Å². The molecule has 0 rings (SSSR count). The molecule has 0 bridgehead atoms. The normalized spacial score (nSPS) is 11.7. The van der Waals surface area contributed by atoms with Gasteiger partial charge in [0.2, 0.25) is 0 Å². The van der Waals surface area contributed by atoms with Gasteiger partial charge in [-0.1, -0.05) is 182 Å². The SMILES string of the molecule is CCCCCCCCCCCCCCCC[N+](CCC)(CCC)CCCCCCCCCCCCCCCC.[OH-]. The van der Waals surface area contributed by atoms with Crippen molar-refractivity contribution in [3.05, 3.63) is 0 Å². The molecule has 0 aliphatic rings. The highest BCUT2D eigenvalue weighted by atomic mass is 16.0. The molecule has 2 nitrogen and oxygen atoms in total. The van der Waals surface area contributed by atoms with Crippen molar-refractivity contribution in [3.63, 3.8) is 0 Å². The van der Waals surface area contributed by atoms with E-state index in [9.17, 15) is 0 Å². The second-order valence-electron chi connectivity index (χ2n) is 13.4. The van der Waals surface area contributed by atoms with Gasteiger partial charge in [-0.2, -0.15) is 0 Å². The lowest BCUT2D eigenvalue weighted by atomic mass is 10.0. The third-order valence-electron chi connectivity index (χ3n) is 9.37. The summed E-state index contributed by atoms with van der Waals surface area (Å²) >= 11 is 0. The molecule has 0 aromatic rings. The third-order valence-corrected chi connectivity index (χ3v) is 9.37. The monoisotopic (exact) mass is 568 g/mol. The van der Waals surface area contributed by atoms with Crippen LogP contribution >= 0.6 is 0 Å². The maximum atomic E-state index is 2.42. The Labute approximate surface area is 256 Å². The summed E-state index contributed by atoms with van der Waals surface area (Å²) in [6.45, 7) is 15.2. The first-order valence-electron chi connectivity index (χ1n) is 19.1. The molecule has 0 saturated carbocycles. The molecule has 2 heteroatoms. The molecule has 0 aliphatic heterocycles. The summed E-state index contributed by atoms with van der Waals surface area (Å²) in [7, 11) is 0. The van der Waals surface area contributed by atoms with Gasteiger partial charge in [0.1, 0.15) is 0 Å². The first-order valence-corrected chi connectivity index (χ1v) is 19.1. The zero-order valence-electron chi connectivity index (χ0n) is 28.9. The fourth-order valence-electron chi connectivity index (χ4n) is 6.90. The van der Waals surface area contributed by atoms with Crippen molar-refractivity contribution in [2.45, 2.75) is 220 Å². The van der Waals surface area contributed by atoms with Gasteiger partial charge in [-0.15, -0.1) is 0 Å². The Morgan fingerprint density at radius 1 is 0.225 bits per heavy atom. The quantitative estimate of drug-likeness (QED) is 0.0561. The second kappa shape index (κ2) is 35.1. The lowest BCUT2D eigenvalue weighted by molar-refractivity contribution is -0.928. The predicted octanol–water partition coefficient (Wildman–Crippen LogP) is 13.4. The molecule has 0 heterocycles. The number of unbranched alkanes of at least 4 members (excludes halogenated alkanes) is 26. The molecule has 0 aromatic heterocycles. The maximum Gasteiger partial charge on any atom is 0.0786 e. The van der Waals surface area contributed by atoms with E-state index >= 15 is 0 Å². The van der Waals surface area contributed by atoms with Gasteiger partial charge in [0, 0.05) is 0 Å².